The number of anilines is 3. The summed E-state index contributed by atoms with van der Waals surface area (Å²) in [5.74, 6) is 0. The van der Waals surface area contributed by atoms with Crippen LogP contribution in [-0.4, -0.2) is 0 Å². The van der Waals surface area contributed by atoms with Gasteiger partial charge in [-0.15, -0.1) is 0 Å². The van der Waals surface area contributed by atoms with Crippen LogP contribution in [0.3, 0.4) is 0 Å². The van der Waals surface area contributed by atoms with E-state index >= 15 is 0 Å². The Labute approximate surface area is 257 Å². The van der Waals surface area contributed by atoms with Crippen molar-refractivity contribution in [3.05, 3.63) is 176 Å². The minimum Gasteiger partial charge on any atom is -0.456 e. The highest BCUT2D eigenvalue weighted by Gasteiger charge is 2.24. The first-order valence-corrected chi connectivity index (χ1v) is 14.9. The third-order valence-corrected chi connectivity index (χ3v) is 8.25. The van der Waals surface area contributed by atoms with Crippen molar-refractivity contribution in [1.29, 1.82) is 0 Å². The van der Waals surface area contributed by atoms with Crippen LogP contribution in [0.1, 0.15) is 0 Å². The number of nitrogens with zero attached hydrogens (tertiary/aromatic N) is 1. The fourth-order valence-electron chi connectivity index (χ4n) is 6.19. The van der Waals surface area contributed by atoms with E-state index in [0.29, 0.717) is 0 Å². The summed E-state index contributed by atoms with van der Waals surface area (Å²) in [6.07, 6.45) is 0. The Balaban J connectivity index is 1.47. The van der Waals surface area contributed by atoms with Crippen molar-refractivity contribution in [1.82, 2.24) is 0 Å². The van der Waals surface area contributed by atoms with Crippen LogP contribution in [0, 0.1) is 0 Å². The number of fused-ring (bicyclic) bond motifs is 3. The first-order valence-electron chi connectivity index (χ1n) is 14.9. The molecule has 8 rings (SSSR count). The molecule has 0 atom stereocenters. The van der Waals surface area contributed by atoms with Crippen molar-refractivity contribution in [2.45, 2.75) is 0 Å². The SMILES string of the molecule is c1ccc(-c2cc(-c3ccccc3)c(N(c3ccccc3)c3ccc4c(c3)oc3ccccc34)c(-c3ccccc3)c2)cc1. The van der Waals surface area contributed by atoms with Gasteiger partial charge in [0.15, 0.2) is 0 Å². The predicted octanol–water partition coefficient (Wildman–Crippen LogP) is 12.1. The molecule has 0 radical (unpaired) electrons. The van der Waals surface area contributed by atoms with Crippen LogP contribution >= 0.6 is 0 Å². The summed E-state index contributed by atoms with van der Waals surface area (Å²) in [4.78, 5) is 2.38. The molecule has 0 aliphatic heterocycles. The minimum absolute atomic E-state index is 0.869. The maximum absolute atomic E-state index is 6.40. The molecule has 0 saturated carbocycles. The summed E-state index contributed by atoms with van der Waals surface area (Å²) in [7, 11) is 0. The fraction of sp³-hybridized carbons (Fsp3) is 0. The summed E-state index contributed by atoms with van der Waals surface area (Å²) in [5.41, 5.74) is 12.0. The van der Waals surface area contributed by atoms with Gasteiger partial charge in [0, 0.05) is 39.3 Å². The van der Waals surface area contributed by atoms with Gasteiger partial charge < -0.3 is 9.32 Å². The molecule has 0 amide bonds. The monoisotopic (exact) mass is 563 g/mol. The molecule has 8 aromatic rings. The lowest BCUT2D eigenvalue weighted by Crippen LogP contribution is -2.13. The Morgan fingerprint density at radius 2 is 0.841 bits per heavy atom. The maximum Gasteiger partial charge on any atom is 0.137 e. The zero-order valence-electron chi connectivity index (χ0n) is 24.1. The third-order valence-electron chi connectivity index (χ3n) is 8.25. The number of furan rings is 1. The van der Waals surface area contributed by atoms with E-state index < -0.39 is 0 Å². The molecule has 1 aromatic heterocycles. The highest BCUT2D eigenvalue weighted by molar-refractivity contribution is 6.07. The highest BCUT2D eigenvalue weighted by atomic mass is 16.3. The van der Waals surface area contributed by atoms with Gasteiger partial charge in [0.2, 0.25) is 0 Å². The van der Waals surface area contributed by atoms with E-state index in [1.54, 1.807) is 0 Å². The van der Waals surface area contributed by atoms with E-state index in [1.807, 2.05) is 12.1 Å². The Kier molecular flexibility index (Phi) is 6.51. The molecule has 0 N–H and O–H groups in total. The van der Waals surface area contributed by atoms with Gasteiger partial charge in [-0.3, -0.25) is 0 Å². The summed E-state index contributed by atoms with van der Waals surface area (Å²) in [6.45, 7) is 0. The number of para-hydroxylation sites is 2. The molecule has 44 heavy (non-hydrogen) atoms. The van der Waals surface area contributed by atoms with Crippen molar-refractivity contribution in [3.63, 3.8) is 0 Å². The zero-order valence-corrected chi connectivity index (χ0v) is 24.1. The number of hydrogen-bond acceptors (Lipinski definition) is 2. The molecule has 0 aliphatic rings. The second-order valence-corrected chi connectivity index (χ2v) is 11.0. The third kappa shape index (κ3) is 4.63. The summed E-state index contributed by atoms with van der Waals surface area (Å²) in [6, 6.07) is 62.2. The molecule has 2 heteroatoms. The molecule has 0 aliphatic carbocycles. The van der Waals surface area contributed by atoms with Gasteiger partial charge in [0.25, 0.3) is 0 Å². The van der Waals surface area contributed by atoms with Crippen LogP contribution in [0.5, 0.6) is 0 Å². The molecule has 1 heterocycles. The first kappa shape index (κ1) is 25.8. The molecule has 2 nitrogen and oxygen atoms in total. The largest absolute Gasteiger partial charge is 0.456 e. The maximum atomic E-state index is 6.40. The van der Waals surface area contributed by atoms with Gasteiger partial charge in [-0.05, 0) is 64.7 Å². The molecule has 0 fully saturated rings. The fourth-order valence-corrected chi connectivity index (χ4v) is 6.19. The lowest BCUT2D eigenvalue weighted by molar-refractivity contribution is 0.669. The van der Waals surface area contributed by atoms with Crippen molar-refractivity contribution in [3.8, 4) is 33.4 Å². The predicted molar refractivity (Wildman–Crippen MR) is 185 cm³/mol. The molecule has 208 valence electrons. The molecule has 0 unspecified atom stereocenters. The van der Waals surface area contributed by atoms with Gasteiger partial charge in [-0.25, -0.2) is 0 Å². The Morgan fingerprint density at radius 1 is 0.341 bits per heavy atom. The smallest absolute Gasteiger partial charge is 0.137 e. The summed E-state index contributed by atoms with van der Waals surface area (Å²) >= 11 is 0. The summed E-state index contributed by atoms with van der Waals surface area (Å²) in [5, 5.41) is 2.24. The van der Waals surface area contributed by atoms with E-state index in [9.17, 15) is 0 Å². The van der Waals surface area contributed by atoms with Crippen molar-refractivity contribution >= 4 is 39.0 Å². The first-order chi connectivity index (χ1) is 21.8. The average molecular weight is 564 g/mol. The van der Waals surface area contributed by atoms with Gasteiger partial charge >= 0.3 is 0 Å². The van der Waals surface area contributed by atoms with E-state index in [-0.39, 0.29) is 0 Å². The van der Waals surface area contributed by atoms with E-state index in [4.69, 9.17) is 4.42 Å². The van der Waals surface area contributed by atoms with E-state index in [2.05, 4.69) is 169 Å². The molecule has 0 spiro atoms. The topological polar surface area (TPSA) is 16.4 Å². The van der Waals surface area contributed by atoms with Crippen LogP contribution in [0.15, 0.2) is 180 Å². The lowest BCUT2D eigenvalue weighted by Gasteiger charge is -2.31. The van der Waals surface area contributed by atoms with Crippen LogP contribution in [0.4, 0.5) is 17.1 Å². The second-order valence-electron chi connectivity index (χ2n) is 11.0. The van der Waals surface area contributed by atoms with Crippen molar-refractivity contribution < 1.29 is 4.42 Å². The van der Waals surface area contributed by atoms with Crippen LogP contribution in [-0.2, 0) is 0 Å². The van der Waals surface area contributed by atoms with E-state index in [0.717, 1.165) is 61.3 Å². The average Bonchev–Trinajstić information content (AvgIpc) is 3.48. The van der Waals surface area contributed by atoms with Crippen molar-refractivity contribution in [2.24, 2.45) is 0 Å². The van der Waals surface area contributed by atoms with Crippen LogP contribution in [0.2, 0.25) is 0 Å². The molecule has 0 bridgehead atoms. The summed E-state index contributed by atoms with van der Waals surface area (Å²) < 4.78 is 6.40. The Morgan fingerprint density at radius 3 is 1.45 bits per heavy atom. The zero-order chi connectivity index (χ0) is 29.3. The standard InChI is InChI=1S/C42H29NO/c1-5-15-30(16-6-1)33-27-38(31-17-7-2-8-18-31)42(39(28-33)32-19-9-3-10-20-32)43(34-21-11-4-12-22-34)35-25-26-37-36-23-13-14-24-40(36)44-41(37)29-35/h1-29H. The molecule has 0 saturated heterocycles. The lowest BCUT2D eigenvalue weighted by atomic mass is 9.90. The molecular formula is C42H29NO. The van der Waals surface area contributed by atoms with Gasteiger partial charge in [0.1, 0.15) is 11.2 Å². The Hall–Kier alpha value is -5.86. The van der Waals surface area contributed by atoms with Crippen molar-refractivity contribution in [2.75, 3.05) is 4.90 Å². The molecular weight excluding hydrogens is 534 g/mol. The molecule has 7 aromatic carbocycles. The van der Waals surface area contributed by atoms with Gasteiger partial charge in [-0.2, -0.15) is 0 Å². The number of benzene rings is 7. The van der Waals surface area contributed by atoms with Crippen LogP contribution < -0.4 is 4.90 Å². The highest BCUT2D eigenvalue weighted by Crippen LogP contribution is 2.49. The Bertz CT molecular complexity index is 2140. The normalized spacial score (nSPS) is 11.2. The van der Waals surface area contributed by atoms with Crippen LogP contribution in [0.25, 0.3) is 55.3 Å². The quantitative estimate of drug-likeness (QED) is 0.200. The minimum atomic E-state index is 0.869. The van der Waals surface area contributed by atoms with Gasteiger partial charge in [-0.1, -0.05) is 127 Å². The van der Waals surface area contributed by atoms with E-state index in [1.165, 1.54) is 11.1 Å². The number of hydrogen-bond donors (Lipinski definition) is 0. The van der Waals surface area contributed by atoms with Gasteiger partial charge in [0.05, 0.1) is 5.69 Å². The second kappa shape index (κ2) is 11.1. The number of rotatable bonds is 6.